The molecule has 0 aromatic carbocycles. The Bertz CT molecular complexity index is 397. The van der Waals surface area contributed by atoms with E-state index in [1.54, 1.807) is 0 Å². The largest absolute Gasteiger partial charge is 0.394 e. The Morgan fingerprint density at radius 3 is 3.06 bits per heavy atom. The van der Waals surface area contributed by atoms with Gasteiger partial charge < -0.3 is 16.0 Å². The number of anilines is 2. The molecule has 1 aliphatic heterocycles. The molecule has 5 nitrogen and oxygen atoms in total. The van der Waals surface area contributed by atoms with Gasteiger partial charge in [0.05, 0.1) is 11.9 Å². The molecule has 2 atom stereocenters. The van der Waals surface area contributed by atoms with Gasteiger partial charge in [-0.25, -0.2) is 4.98 Å². The Balaban J connectivity index is 2.03. The molecule has 0 radical (unpaired) electrons. The summed E-state index contributed by atoms with van der Waals surface area (Å²) in [6.07, 6.45) is 3.70. The van der Waals surface area contributed by atoms with Gasteiger partial charge in [-0.2, -0.15) is 4.98 Å². The zero-order valence-corrected chi connectivity index (χ0v) is 10.9. The topological polar surface area (TPSA) is 67.1 Å². The lowest BCUT2D eigenvalue weighted by Gasteiger charge is -2.35. The van der Waals surface area contributed by atoms with E-state index in [2.05, 4.69) is 34.2 Å². The van der Waals surface area contributed by atoms with Crippen LogP contribution in [0.1, 0.15) is 19.8 Å². The molecule has 0 bridgehead atoms. The minimum atomic E-state index is 0.225. The Morgan fingerprint density at radius 2 is 2.35 bits per heavy atom. The molecule has 0 amide bonds. The van der Waals surface area contributed by atoms with Crippen LogP contribution in [0.5, 0.6) is 0 Å². The van der Waals surface area contributed by atoms with E-state index in [9.17, 15) is 0 Å². The number of likely N-dealkylation sites (tertiary alicyclic amines) is 1. The van der Waals surface area contributed by atoms with Crippen LogP contribution in [0.4, 0.5) is 11.5 Å². The van der Waals surface area contributed by atoms with Crippen molar-refractivity contribution in [1.82, 2.24) is 14.9 Å². The Labute approximate surface area is 106 Å². The highest BCUT2D eigenvalue weighted by molar-refractivity contribution is 6.28. The molecule has 1 saturated heterocycles. The lowest BCUT2D eigenvalue weighted by atomic mass is 9.99. The lowest BCUT2D eigenvalue weighted by molar-refractivity contribution is 0.190. The van der Waals surface area contributed by atoms with Gasteiger partial charge in [-0.3, -0.25) is 0 Å². The normalized spacial score (nSPS) is 25.8. The first-order valence-electron chi connectivity index (χ1n) is 5.81. The number of piperidine rings is 1. The second-order valence-corrected chi connectivity index (χ2v) is 4.98. The van der Waals surface area contributed by atoms with Crippen molar-refractivity contribution < 1.29 is 0 Å². The number of hydrogen-bond acceptors (Lipinski definition) is 5. The highest BCUT2D eigenvalue weighted by Crippen LogP contribution is 2.22. The van der Waals surface area contributed by atoms with Crippen LogP contribution in [0, 0.1) is 0 Å². The van der Waals surface area contributed by atoms with Crippen molar-refractivity contribution in [3.05, 3.63) is 11.5 Å². The molecule has 6 heteroatoms. The molecular formula is C11H18ClN5. The highest BCUT2D eigenvalue weighted by Gasteiger charge is 2.23. The number of aromatic nitrogens is 2. The summed E-state index contributed by atoms with van der Waals surface area (Å²) in [5, 5.41) is 3.58. The molecule has 1 aromatic rings. The second-order valence-electron chi connectivity index (χ2n) is 4.64. The van der Waals surface area contributed by atoms with Gasteiger partial charge in [-0.15, -0.1) is 0 Å². The van der Waals surface area contributed by atoms with Crippen LogP contribution < -0.4 is 11.1 Å². The third-order valence-electron chi connectivity index (χ3n) is 3.34. The summed E-state index contributed by atoms with van der Waals surface area (Å²) in [6, 6.07) is 0.967. The third-order valence-corrected chi connectivity index (χ3v) is 3.52. The van der Waals surface area contributed by atoms with E-state index in [0.29, 0.717) is 23.6 Å². The Kier molecular flexibility index (Phi) is 3.69. The molecule has 1 aromatic heterocycles. The molecule has 0 saturated carbocycles. The number of hydrogen-bond donors (Lipinski definition) is 2. The van der Waals surface area contributed by atoms with E-state index in [-0.39, 0.29) is 5.28 Å². The van der Waals surface area contributed by atoms with Gasteiger partial charge in [0.1, 0.15) is 0 Å². The van der Waals surface area contributed by atoms with Crippen molar-refractivity contribution in [1.29, 1.82) is 0 Å². The second kappa shape index (κ2) is 5.06. The maximum atomic E-state index is 5.81. The van der Waals surface area contributed by atoms with E-state index in [1.165, 1.54) is 6.20 Å². The first-order chi connectivity index (χ1) is 8.06. The molecular weight excluding hydrogens is 238 g/mol. The Morgan fingerprint density at radius 1 is 1.59 bits per heavy atom. The standard InChI is InChI=1S/C11H18ClN5/c1-7-5-8(3-4-17(7)2)15-10-9(13)6-14-11(12)16-10/h6-8H,3-5,13H2,1-2H3,(H,14,15,16). The average molecular weight is 256 g/mol. The van der Waals surface area contributed by atoms with Crippen molar-refractivity contribution in [2.45, 2.75) is 31.8 Å². The number of rotatable bonds is 2. The summed E-state index contributed by atoms with van der Waals surface area (Å²) < 4.78 is 0. The van der Waals surface area contributed by atoms with Gasteiger partial charge in [0.25, 0.3) is 0 Å². The van der Waals surface area contributed by atoms with E-state index in [0.717, 1.165) is 19.4 Å². The summed E-state index contributed by atoms with van der Waals surface area (Å²) in [7, 11) is 2.15. The fourth-order valence-corrected chi connectivity index (χ4v) is 2.23. The summed E-state index contributed by atoms with van der Waals surface area (Å²) in [6.45, 7) is 3.31. The molecule has 1 fully saturated rings. The SMILES string of the molecule is CC1CC(Nc2nc(Cl)ncc2N)CCN1C. The molecule has 0 spiro atoms. The average Bonchev–Trinajstić information content (AvgIpc) is 2.29. The van der Waals surface area contributed by atoms with Gasteiger partial charge >= 0.3 is 0 Å². The smallest absolute Gasteiger partial charge is 0.224 e. The molecule has 2 rings (SSSR count). The minimum absolute atomic E-state index is 0.225. The van der Waals surface area contributed by atoms with Crippen molar-refractivity contribution in [3.63, 3.8) is 0 Å². The summed E-state index contributed by atoms with van der Waals surface area (Å²) in [5.41, 5.74) is 6.35. The number of nitrogens with one attached hydrogen (secondary N) is 1. The zero-order chi connectivity index (χ0) is 12.4. The van der Waals surface area contributed by atoms with Crippen LogP contribution in [-0.4, -0.2) is 40.5 Å². The van der Waals surface area contributed by atoms with Gasteiger partial charge in [0.2, 0.25) is 5.28 Å². The van der Waals surface area contributed by atoms with Crippen LogP contribution in [0.15, 0.2) is 6.20 Å². The van der Waals surface area contributed by atoms with Crippen LogP contribution >= 0.6 is 11.6 Å². The monoisotopic (exact) mass is 255 g/mol. The van der Waals surface area contributed by atoms with E-state index in [1.807, 2.05) is 0 Å². The van der Waals surface area contributed by atoms with Gasteiger partial charge in [0, 0.05) is 18.6 Å². The van der Waals surface area contributed by atoms with E-state index in [4.69, 9.17) is 17.3 Å². The molecule has 0 aliphatic carbocycles. The van der Waals surface area contributed by atoms with Crippen molar-refractivity contribution in [2.75, 3.05) is 24.6 Å². The van der Waals surface area contributed by atoms with Gasteiger partial charge in [-0.05, 0) is 38.4 Å². The van der Waals surface area contributed by atoms with Crippen LogP contribution in [0.3, 0.4) is 0 Å². The highest BCUT2D eigenvalue weighted by atomic mass is 35.5. The third kappa shape index (κ3) is 2.98. The predicted molar refractivity (Wildman–Crippen MR) is 70.2 cm³/mol. The summed E-state index contributed by atoms with van der Waals surface area (Å²) in [5.74, 6) is 0.645. The molecule has 3 N–H and O–H groups in total. The maximum Gasteiger partial charge on any atom is 0.224 e. The summed E-state index contributed by atoms with van der Waals surface area (Å²) in [4.78, 5) is 10.3. The first-order valence-corrected chi connectivity index (χ1v) is 6.19. The fourth-order valence-electron chi connectivity index (χ4n) is 2.10. The molecule has 94 valence electrons. The number of nitrogens with two attached hydrogens (primary N) is 1. The molecule has 2 unspecified atom stereocenters. The summed E-state index contributed by atoms with van der Waals surface area (Å²) >= 11 is 5.76. The first kappa shape index (κ1) is 12.4. The Hall–Kier alpha value is -1.07. The molecule has 1 aliphatic rings. The quantitative estimate of drug-likeness (QED) is 0.786. The van der Waals surface area contributed by atoms with Crippen LogP contribution in [0.2, 0.25) is 5.28 Å². The maximum absolute atomic E-state index is 5.81. The van der Waals surface area contributed by atoms with Crippen molar-refractivity contribution in [3.8, 4) is 0 Å². The number of nitrogens with zero attached hydrogens (tertiary/aromatic N) is 3. The fraction of sp³-hybridized carbons (Fsp3) is 0.636. The predicted octanol–water partition coefficient (Wildman–Crippen LogP) is 1.61. The molecule has 2 heterocycles. The number of halogens is 1. The number of nitrogen functional groups attached to an aromatic ring is 1. The zero-order valence-electron chi connectivity index (χ0n) is 10.2. The van der Waals surface area contributed by atoms with Gasteiger partial charge in [-0.1, -0.05) is 0 Å². The van der Waals surface area contributed by atoms with E-state index < -0.39 is 0 Å². The molecule has 17 heavy (non-hydrogen) atoms. The van der Waals surface area contributed by atoms with Gasteiger partial charge in [0.15, 0.2) is 5.82 Å². The van der Waals surface area contributed by atoms with Crippen LogP contribution in [0.25, 0.3) is 0 Å². The lowest BCUT2D eigenvalue weighted by Crippen LogP contribution is -2.42. The van der Waals surface area contributed by atoms with Crippen molar-refractivity contribution >= 4 is 23.1 Å². The van der Waals surface area contributed by atoms with Crippen LogP contribution in [-0.2, 0) is 0 Å². The van der Waals surface area contributed by atoms with E-state index >= 15 is 0 Å². The minimum Gasteiger partial charge on any atom is -0.394 e. The van der Waals surface area contributed by atoms with Crippen molar-refractivity contribution in [2.24, 2.45) is 0 Å².